The lowest BCUT2D eigenvalue weighted by molar-refractivity contribution is 0.238. The van der Waals surface area contributed by atoms with Gasteiger partial charge in [-0.05, 0) is 61.3 Å². The van der Waals surface area contributed by atoms with Crippen LogP contribution in [0.25, 0.3) is 0 Å². The largest absolute Gasteiger partial charge is 0.497 e. The number of methoxy groups -OCH3 is 1. The van der Waals surface area contributed by atoms with E-state index in [1.54, 1.807) is 7.11 Å². The topological polar surface area (TPSA) is 48.3 Å². The second-order valence-electron chi connectivity index (χ2n) is 6.48. The zero-order valence-electron chi connectivity index (χ0n) is 14.7. The van der Waals surface area contributed by atoms with E-state index in [9.17, 15) is 0 Å². The lowest BCUT2D eigenvalue weighted by Gasteiger charge is -2.28. The number of benzene rings is 2. The molecule has 0 amide bonds. The smallest absolute Gasteiger partial charge is 0.119 e. The molecule has 0 spiro atoms. The first-order valence-corrected chi connectivity index (χ1v) is 8.88. The monoisotopic (exact) mass is 335 g/mol. The highest BCUT2D eigenvalue weighted by Crippen LogP contribution is 2.27. The van der Waals surface area contributed by atoms with Gasteiger partial charge < -0.3 is 10.1 Å². The highest BCUT2D eigenvalue weighted by atomic mass is 16.5. The quantitative estimate of drug-likeness (QED) is 0.841. The molecule has 25 heavy (non-hydrogen) atoms. The number of hydrogen-bond donors (Lipinski definition) is 1. The Hall–Kier alpha value is -2.35. The van der Waals surface area contributed by atoms with Gasteiger partial charge in [-0.2, -0.15) is 5.26 Å². The Labute approximate surface area is 150 Å². The summed E-state index contributed by atoms with van der Waals surface area (Å²) in [6.45, 7) is 4.01. The van der Waals surface area contributed by atoms with Crippen molar-refractivity contribution >= 4 is 0 Å². The molecule has 0 aliphatic carbocycles. The molecule has 130 valence electrons. The second-order valence-corrected chi connectivity index (χ2v) is 6.48. The van der Waals surface area contributed by atoms with Gasteiger partial charge in [0.2, 0.25) is 0 Å². The van der Waals surface area contributed by atoms with Crippen LogP contribution in [-0.2, 0) is 6.54 Å². The minimum atomic E-state index is 0.357. The lowest BCUT2D eigenvalue weighted by atomic mass is 10.0. The molecule has 3 rings (SSSR count). The summed E-state index contributed by atoms with van der Waals surface area (Å²) in [5.74, 6) is 0.911. The fourth-order valence-corrected chi connectivity index (χ4v) is 3.41. The van der Waals surface area contributed by atoms with Crippen molar-refractivity contribution in [1.82, 2.24) is 10.2 Å². The standard InChI is InChI=1S/C21H25N3O/c1-25-20-6-4-5-19(13-20)21(24-11-2-3-12-24)16-23-15-18-9-7-17(14-22)8-10-18/h4-10,13,21,23H,2-3,11-12,15-16H2,1H3. The third-order valence-electron chi connectivity index (χ3n) is 4.81. The van der Waals surface area contributed by atoms with Crippen molar-refractivity contribution in [2.75, 3.05) is 26.7 Å². The molecule has 1 aliphatic heterocycles. The fourth-order valence-electron chi connectivity index (χ4n) is 3.41. The molecule has 0 saturated carbocycles. The van der Waals surface area contributed by atoms with E-state index in [1.165, 1.54) is 24.0 Å². The van der Waals surface area contributed by atoms with Gasteiger partial charge in [-0.25, -0.2) is 0 Å². The van der Waals surface area contributed by atoms with Crippen LogP contribution in [0.4, 0.5) is 0 Å². The van der Waals surface area contributed by atoms with E-state index < -0.39 is 0 Å². The van der Waals surface area contributed by atoms with Crippen LogP contribution in [0.3, 0.4) is 0 Å². The van der Waals surface area contributed by atoms with Crippen LogP contribution in [0.5, 0.6) is 5.75 Å². The average molecular weight is 335 g/mol. The normalized spacial score (nSPS) is 15.7. The van der Waals surface area contributed by atoms with Gasteiger partial charge in [0.1, 0.15) is 5.75 Å². The van der Waals surface area contributed by atoms with Gasteiger partial charge >= 0.3 is 0 Å². The molecule has 2 aromatic rings. The maximum absolute atomic E-state index is 8.89. The third-order valence-corrected chi connectivity index (χ3v) is 4.81. The van der Waals surface area contributed by atoms with Crippen LogP contribution >= 0.6 is 0 Å². The van der Waals surface area contributed by atoms with Gasteiger partial charge in [-0.15, -0.1) is 0 Å². The molecule has 0 radical (unpaired) electrons. The van der Waals surface area contributed by atoms with Crippen LogP contribution in [0.1, 0.15) is 35.6 Å². The van der Waals surface area contributed by atoms with Crippen LogP contribution in [0.2, 0.25) is 0 Å². The Morgan fingerprint density at radius 3 is 2.60 bits per heavy atom. The second kappa shape index (κ2) is 8.66. The number of rotatable bonds is 7. The first kappa shape index (κ1) is 17.5. The van der Waals surface area contributed by atoms with Crippen molar-refractivity contribution in [3.05, 3.63) is 65.2 Å². The molecule has 1 atom stereocenters. The van der Waals surface area contributed by atoms with Gasteiger partial charge in [0.15, 0.2) is 0 Å². The first-order valence-electron chi connectivity index (χ1n) is 8.88. The van der Waals surface area contributed by atoms with Crippen molar-refractivity contribution < 1.29 is 4.74 Å². The van der Waals surface area contributed by atoms with Crippen LogP contribution in [0, 0.1) is 11.3 Å². The summed E-state index contributed by atoms with van der Waals surface area (Å²) in [5.41, 5.74) is 3.20. The van der Waals surface area contributed by atoms with E-state index in [-0.39, 0.29) is 0 Å². The number of nitrogens with one attached hydrogen (secondary N) is 1. The number of nitrogens with zero attached hydrogens (tertiary/aromatic N) is 2. The predicted octanol–water partition coefficient (Wildman–Crippen LogP) is 3.49. The summed E-state index contributed by atoms with van der Waals surface area (Å²) < 4.78 is 5.40. The maximum atomic E-state index is 8.89. The maximum Gasteiger partial charge on any atom is 0.119 e. The van der Waals surface area contributed by atoms with E-state index in [0.29, 0.717) is 11.6 Å². The van der Waals surface area contributed by atoms with Gasteiger partial charge in [0, 0.05) is 19.1 Å². The number of ether oxygens (including phenoxy) is 1. The number of nitriles is 1. The highest BCUT2D eigenvalue weighted by molar-refractivity contribution is 5.32. The average Bonchev–Trinajstić information content (AvgIpc) is 3.20. The summed E-state index contributed by atoms with van der Waals surface area (Å²) >= 11 is 0. The zero-order chi connectivity index (χ0) is 17.5. The van der Waals surface area contributed by atoms with Crippen LogP contribution < -0.4 is 10.1 Å². The molecule has 1 heterocycles. The van der Waals surface area contributed by atoms with Gasteiger partial charge in [0.25, 0.3) is 0 Å². The van der Waals surface area contributed by atoms with Crippen molar-refractivity contribution in [3.63, 3.8) is 0 Å². The van der Waals surface area contributed by atoms with Gasteiger partial charge in [-0.3, -0.25) is 4.90 Å². The van der Waals surface area contributed by atoms with E-state index in [4.69, 9.17) is 10.00 Å². The summed E-state index contributed by atoms with van der Waals surface area (Å²) in [7, 11) is 1.72. The molecule has 0 aromatic heterocycles. The predicted molar refractivity (Wildman–Crippen MR) is 99.4 cm³/mol. The van der Waals surface area contributed by atoms with E-state index in [2.05, 4.69) is 34.5 Å². The van der Waals surface area contributed by atoms with Gasteiger partial charge in [0.05, 0.1) is 18.7 Å². The molecular weight excluding hydrogens is 310 g/mol. The van der Waals surface area contributed by atoms with Crippen LogP contribution in [-0.4, -0.2) is 31.6 Å². The number of likely N-dealkylation sites (tertiary alicyclic amines) is 1. The molecule has 2 aromatic carbocycles. The fraction of sp³-hybridized carbons (Fsp3) is 0.381. The van der Waals surface area contributed by atoms with Crippen molar-refractivity contribution in [3.8, 4) is 11.8 Å². The Morgan fingerprint density at radius 2 is 1.92 bits per heavy atom. The molecule has 1 N–H and O–H groups in total. The Morgan fingerprint density at radius 1 is 1.16 bits per heavy atom. The minimum absolute atomic E-state index is 0.357. The SMILES string of the molecule is COc1cccc(C(CNCc2ccc(C#N)cc2)N2CCCC2)c1. The molecule has 4 nitrogen and oxygen atoms in total. The molecule has 1 fully saturated rings. The lowest BCUT2D eigenvalue weighted by Crippen LogP contribution is -2.34. The van der Waals surface area contributed by atoms with Crippen LogP contribution in [0.15, 0.2) is 48.5 Å². The van der Waals surface area contributed by atoms with E-state index in [1.807, 2.05) is 30.3 Å². The van der Waals surface area contributed by atoms with E-state index >= 15 is 0 Å². The van der Waals surface area contributed by atoms with Crippen molar-refractivity contribution in [2.24, 2.45) is 0 Å². The zero-order valence-corrected chi connectivity index (χ0v) is 14.7. The summed E-state index contributed by atoms with van der Waals surface area (Å²) in [5, 5.41) is 12.5. The summed E-state index contributed by atoms with van der Waals surface area (Å²) in [6, 6.07) is 18.7. The third kappa shape index (κ3) is 4.60. The molecule has 1 saturated heterocycles. The number of hydrogen-bond acceptors (Lipinski definition) is 4. The summed E-state index contributed by atoms with van der Waals surface area (Å²) in [6.07, 6.45) is 2.55. The molecule has 4 heteroatoms. The highest BCUT2D eigenvalue weighted by Gasteiger charge is 2.23. The molecule has 1 aliphatic rings. The molecule has 0 bridgehead atoms. The molecular formula is C21H25N3O. The Balaban J connectivity index is 1.66. The van der Waals surface area contributed by atoms with Crippen molar-refractivity contribution in [2.45, 2.75) is 25.4 Å². The molecule has 1 unspecified atom stereocenters. The Bertz CT molecular complexity index is 715. The van der Waals surface area contributed by atoms with Crippen molar-refractivity contribution in [1.29, 1.82) is 5.26 Å². The summed E-state index contributed by atoms with van der Waals surface area (Å²) in [4.78, 5) is 2.56. The Kier molecular flexibility index (Phi) is 6.05. The van der Waals surface area contributed by atoms with E-state index in [0.717, 1.165) is 31.9 Å². The minimum Gasteiger partial charge on any atom is -0.497 e. The van der Waals surface area contributed by atoms with Gasteiger partial charge in [-0.1, -0.05) is 24.3 Å². The first-order chi connectivity index (χ1) is 12.3.